The fourth-order valence-electron chi connectivity index (χ4n) is 3.38. The van der Waals surface area contributed by atoms with E-state index in [0.717, 1.165) is 16.6 Å². The van der Waals surface area contributed by atoms with Crippen molar-refractivity contribution in [1.82, 2.24) is 9.72 Å². The lowest BCUT2D eigenvalue weighted by atomic mass is 10.0. The van der Waals surface area contributed by atoms with Gasteiger partial charge >= 0.3 is 0 Å². The molecular formula is C24H19ClN2O3. The molecule has 0 aliphatic heterocycles. The van der Waals surface area contributed by atoms with Gasteiger partial charge in [-0.25, -0.2) is 0 Å². The maximum atomic E-state index is 13.2. The SMILES string of the molecule is COc1ccc(-c2cc3ccccn3c2C(=O)C(=O)NCc2ccccc2)cc1Cl. The molecule has 2 heterocycles. The van der Waals surface area contributed by atoms with Gasteiger partial charge in [0.1, 0.15) is 11.4 Å². The van der Waals surface area contributed by atoms with E-state index >= 15 is 0 Å². The highest BCUT2D eigenvalue weighted by molar-refractivity contribution is 6.43. The Morgan fingerprint density at radius 1 is 1.00 bits per heavy atom. The summed E-state index contributed by atoms with van der Waals surface area (Å²) in [5.74, 6) is -0.736. The first-order valence-corrected chi connectivity index (χ1v) is 9.76. The molecule has 6 heteroatoms. The maximum absolute atomic E-state index is 13.2. The Kier molecular flexibility index (Phi) is 5.55. The van der Waals surface area contributed by atoms with Crippen molar-refractivity contribution in [1.29, 1.82) is 0 Å². The topological polar surface area (TPSA) is 59.8 Å². The van der Waals surface area contributed by atoms with Gasteiger partial charge in [0.15, 0.2) is 0 Å². The third kappa shape index (κ3) is 3.80. The number of rotatable bonds is 6. The number of methoxy groups -OCH3 is 1. The van der Waals surface area contributed by atoms with Gasteiger partial charge in [-0.1, -0.05) is 54.1 Å². The van der Waals surface area contributed by atoms with Crippen molar-refractivity contribution in [2.24, 2.45) is 0 Å². The first kappa shape index (κ1) is 19.7. The molecule has 4 aromatic rings. The number of Topliss-reactive ketones (excluding diaryl/α,β-unsaturated/α-hetero) is 1. The number of nitrogens with zero attached hydrogens (tertiary/aromatic N) is 1. The molecule has 0 saturated heterocycles. The lowest BCUT2D eigenvalue weighted by Gasteiger charge is -2.09. The third-order valence-electron chi connectivity index (χ3n) is 4.86. The second kappa shape index (κ2) is 8.43. The standard InChI is InChI=1S/C24H19ClN2O3/c1-30-21-11-10-17(13-20(21)25)19-14-18-9-5-6-12-27(18)22(19)23(28)24(29)26-15-16-7-3-2-4-8-16/h2-14H,15H2,1H3,(H,26,29). The van der Waals surface area contributed by atoms with Crippen LogP contribution < -0.4 is 10.1 Å². The van der Waals surface area contributed by atoms with E-state index in [4.69, 9.17) is 16.3 Å². The molecule has 0 bridgehead atoms. The Morgan fingerprint density at radius 3 is 2.50 bits per heavy atom. The minimum atomic E-state index is -0.663. The number of fused-ring (bicyclic) bond motifs is 1. The van der Waals surface area contributed by atoms with Gasteiger partial charge in [0.05, 0.1) is 12.1 Å². The monoisotopic (exact) mass is 418 g/mol. The van der Waals surface area contributed by atoms with Gasteiger partial charge < -0.3 is 14.5 Å². The van der Waals surface area contributed by atoms with Crippen molar-refractivity contribution in [2.75, 3.05) is 7.11 Å². The van der Waals surface area contributed by atoms with E-state index in [2.05, 4.69) is 5.32 Å². The van der Waals surface area contributed by atoms with Gasteiger partial charge in [-0.15, -0.1) is 0 Å². The lowest BCUT2D eigenvalue weighted by molar-refractivity contribution is -0.117. The third-order valence-corrected chi connectivity index (χ3v) is 5.16. The van der Waals surface area contributed by atoms with Crippen LogP contribution >= 0.6 is 11.6 Å². The highest BCUT2D eigenvalue weighted by Gasteiger charge is 2.25. The average Bonchev–Trinajstić information content (AvgIpc) is 3.17. The molecular weight excluding hydrogens is 400 g/mol. The van der Waals surface area contributed by atoms with Crippen molar-refractivity contribution in [3.8, 4) is 16.9 Å². The number of amides is 1. The van der Waals surface area contributed by atoms with Crippen LogP contribution in [0.3, 0.4) is 0 Å². The number of hydrogen-bond acceptors (Lipinski definition) is 3. The van der Waals surface area contributed by atoms with E-state index < -0.39 is 11.7 Å². The zero-order chi connectivity index (χ0) is 21.1. The van der Waals surface area contributed by atoms with Crippen molar-refractivity contribution >= 4 is 28.8 Å². The van der Waals surface area contributed by atoms with Gasteiger partial charge in [0, 0.05) is 23.8 Å². The Labute approximate surface area is 178 Å². The van der Waals surface area contributed by atoms with E-state index in [0.29, 0.717) is 16.3 Å². The zero-order valence-corrected chi connectivity index (χ0v) is 17.0. The number of carbonyl (C=O) groups excluding carboxylic acids is 2. The number of pyridine rings is 1. The minimum Gasteiger partial charge on any atom is -0.495 e. The average molecular weight is 419 g/mol. The van der Waals surface area contributed by atoms with E-state index in [1.165, 1.54) is 0 Å². The highest BCUT2D eigenvalue weighted by atomic mass is 35.5. The van der Waals surface area contributed by atoms with Gasteiger partial charge in [0.2, 0.25) is 0 Å². The predicted molar refractivity (Wildman–Crippen MR) is 117 cm³/mol. The van der Waals surface area contributed by atoms with Gasteiger partial charge in [-0.3, -0.25) is 9.59 Å². The number of ether oxygens (including phenoxy) is 1. The molecule has 2 aromatic heterocycles. The number of benzene rings is 2. The molecule has 150 valence electrons. The molecule has 0 fully saturated rings. The largest absolute Gasteiger partial charge is 0.495 e. The first-order chi connectivity index (χ1) is 14.6. The van der Waals surface area contributed by atoms with Crippen LogP contribution in [0.1, 0.15) is 16.1 Å². The van der Waals surface area contributed by atoms with Crippen LogP contribution in [0.4, 0.5) is 0 Å². The van der Waals surface area contributed by atoms with E-state index in [9.17, 15) is 9.59 Å². The van der Waals surface area contributed by atoms with E-state index in [1.807, 2.05) is 60.7 Å². The van der Waals surface area contributed by atoms with E-state index in [-0.39, 0.29) is 12.2 Å². The van der Waals surface area contributed by atoms with Gasteiger partial charge in [-0.2, -0.15) is 0 Å². The van der Waals surface area contributed by atoms with Gasteiger partial charge in [0.25, 0.3) is 11.7 Å². The molecule has 30 heavy (non-hydrogen) atoms. The van der Waals surface area contributed by atoms with Crippen LogP contribution in [-0.4, -0.2) is 23.2 Å². The van der Waals surface area contributed by atoms with Crippen LogP contribution in [0, 0.1) is 0 Å². The summed E-state index contributed by atoms with van der Waals surface area (Å²) in [6, 6.07) is 22.2. The lowest BCUT2D eigenvalue weighted by Crippen LogP contribution is -2.31. The van der Waals surface area contributed by atoms with Crippen LogP contribution in [-0.2, 0) is 11.3 Å². The summed E-state index contributed by atoms with van der Waals surface area (Å²) in [5, 5.41) is 3.14. The zero-order valence-electron chi connectivity index (χ0n) is 16.3. The van der Waals surface area contributed by atoms with Crippen molar-refractivity contribution < 1.29 is 14.3 Å². The Bertz CT molecular complexity index is 1230. The number of carbonyl (C=O) groups is 2. The summed E-state index contributed by atoms with van der Waals surface area (Å²) >= 11 is 6.29. The molecule has 1 N–H and O–H groups in total. The molecule has 0 atom stereocenters. The number of aromatic nitrogens is 1. The first-order valence-electron chi connectivity index (χ1n) is 9.39. The Hall–Kier alpha value is -3.57. The van der Waals surface area contributed by atoms with Crippen molar-refractivity contribution in [3.63, 3.8) is 0 Å². The van der Waals surface area contributed by atoms with Crippen molar-refractivity contribution in [2.45, 2.75) is 6.54 Å². The summed E-state index contributed by atoms with van der Waals surface area (Å²) in [5.41, 5.74) is 3.37. The molecule has 2 aromatic carbocycles. The molecule has 0 radical (unpaired) electrons. The molecule has 0 spiro atoms. The molecule has 0 aliphatic carbocycles. The summed E-state index contributed by atoms with van der Waals surface area (Å²) in [6.45, 7) is 0.276. The molecule has 4 rings (SSSR count). The van der Waals surface area contributed by atoms with Crippen LogP contribution in [0.2, 0.25) is 5.02 Å². The molecule has 0 saturated carbocycles. The fourth-order valence-corrected chi connectivity index (χ4v) is 3.63. The summed E-state index contributed by atoms with van der Waals surface area (Å²) in [7, 11) is 1.54. The smallest absolute Gasteiger partial charge is 0.294 e. The van der Waals surface area contributed by atoms with Crippen LogP contribution in [0.25, 0.3) is 16.6 Å². The number of hydrogen-bond donors (Lipinski definition) is 1. The van der Waals surface area contributed by atoms with Crippen LogP contribution in [0.15, 0.2) is 79.0 Å². The summed E-state index contributed by atoms with van der Waals surface area (Å²) in [4.78, 5) is 25.8. The number of ketones is 1. The normalized spacial score (nSPS) is 10.7. The molecule has 0 aliphatic rings. The fraction of sp³-hybridized carbons (Fsp3) is 0.0833. The molecule has 0 unspecified atom stereocenters. The van der Waals surface area contributed by atoms with Gasteiger partial charge in [-0.05, 0) is 41.5 Å². The second-order valence-corrected chi connectivity index (χ2v) is 7.16. The highest BCUT2D eigenvalue weighted by Crippen LogP contribution is 2.33. The molecule has 1 amide bonds. The Morgan fingerprint density at radius 2 is 1.77 bits per heavy atom. The maximum Gasteiger partial charge on any atom is 0.294 e. The number of halogens is 1. The summed E-state index contributed by atoms with van der Waals surface area (Å²) in [6.07, 6.45) is 1.77. The second-order valence-electron chi connectivity index (χ2n) is 6.75. The predicted octanol–water partition coefficient (Wildman–Crippen LogP) is 4.77. The minimum absolute atomic E-state index is 0.276. The van der Waals surface area contributed by atoms with E-state index in [1.54, 1.807) is 29.8 Å². The quantitative estimate of drug-likeness (QED) is 0.362. The Balaban J connectivity index is 1.72. The van der Waals surface area contributed by atoms with Crippen molar-refractivity contribution in [3.05, 3.63) is 95.3 Å². The summed E-state index contributed by atoms with van der Waals surface area (Å²) < 4.78 is 6.94. The number of nitrogens with one attached hydrogen (secondary N) is 1. The molecule has 5 nitrogen and oxygen atoms in total. The van der Waals surface area contributed by atoms with Crippen LogP contribution in [0.5, 0.6) is 5.75 Å².